The Bertz CT molecular complexity index is 117. The van der Waals surface area contributed by atoms with Gasteiger partial charge in [0.1, 0.15) is 0 Å². The summed E-state index contributed by atoms with van der Waals surface area (Å²) in [5.74, 6) is 3.54. The van der Waals surface area contributed by atoms with Gasteiger partial charge in [0.2, 0.25) is 0 Å². The van der Waals surface area contributed by atoms with E-state index in [1.165, 1.54) is 38.5 Å². The highest BCUT2D eigenvalue weighted by molar-refractivity contribution is 4.94. The molecule has 0 saturated carbocycles. The molecule has 0 spiro atoms. The fourth-order valence-corrected chi connectivity index (χ4v) is 2.00. The zero-order valence-electron chi connectivity index (χ0n) is 10.9. The van der Waals surface area contributed by atoms with Crippen molar-refractivity contribution in [1.29, 1.82) is 0 Å². The van der Waals surface area contributed by atoms with E-state index in [2.05, 4.69) is 34.6 Å². The molecule has 14 heavy (non-hydrogen) atoms. The maximum atomic E-state index is 2.41. The monoisotopic (exact) mass is 197 g/mol. The van der Waals surface area contributed by atoms with Gasteiger partial charge >= 0.3 is 0 Å². The van der Waals surface area contributed by atoms with Crippen LogP contribution in [0.4, 0.5) is 0 Å². The van der Waals surface area contributed by atoms with Crippen LogP contribution in [0.25, 0.3) is 0 Å². The Morgan fingerprint density at radius 3 is 2.14 bits per heavy atom. The van der Waals surface area contributed by atoms with E-state index in [4.69, 9.17) is 0 Å². The van der Waals surface area contributed by atoms with Crippen LogP contribution in [0.2, 0.25) is 0 Å². The third-order valence-electron chi connectivity index (χ3n) is 3.45. The molecule has 0 aliphatic heterocycles. The fourth-order valence-electron chi connectivity index (χ4n) is 2.00. The molecular weight excluding hydrogens is 168 g/mol. The topological polar surface area (TPSA) is 0 Å². The summed E-state index contributed by atoms with van der Waals surface area (Å²) >= 11 is 0. The van der Waals surface area contributed by atoms with Crippen LogP contribution >= 0.6 is 0 Å². The van der Waals surface area contributed by atoms with E-state index >= 15 is 0 Å². The van der Waals surface area contributed by atoms with Crippen LogP contribution in [0.3, 0.4) is 0 Å². The van der Waals surface area contributed by atoms with Crippen LogP contribution in [-0.4, -0.2) is 0 Å². The van der Waals surface area contributed by atoms with Crippen LogP contribution < -0.4 is 0 Å². The lowest BCUT2D eigenvalue weighted by Gasteiger charge is -2.15. The van der Waals surface area contributed by atoms with Gasteiger partial charge in [0.25, 0.3) is 0 Å². The lowest BCUT2D eigenvalue weighted by atomic mass is 9.81. The second-order valence-corrected chi connectivity index (χ2v) is 4.77. The van der Waals surface area contributed by atoms with Gasteiger partial charge in [0, 0.05) is 0 Å². The van der Waals surface area contributed by atoms with E-state index in [9.17, 15) is 0 Å². The van der Waals surface area contributed by atoms with Crippen molar-refractivity contribution in [3.63, 3.8) is 0 Å². The van der Waals surface area contributed by atoms with Gasteiger partial charge in [-0.2, -0.15) is 0 Å². The van der Waals surface area contributed by atoms with Crippen LogP contribution in [0.5, 0.6) is 0 Å². The third kappa shape index (κ3) is 5.57. The minimum atomic E-state index is 0.856. The Hall–Kier alpha value is -0.130. The molecule has 0 bridgehead atoms. The Kier molecular flexibility index (Phi) is 8.12. The molecule has 84 valence electrons. The Morgan fingerprint density at radius 2 is 1.71 bits per heavy atom. The van der Waals surface area contributed by atoms with Gasteiger partial charge in [-0.25, -0.2) is 0 Å². The lowest BCUT2D eigenvalue weighted by Crippen LogP contribution is -2.12. The van der Waals surface area contributed by atoms with Crippen LogP contribution in [0.15, 0.2) is 0 Å². The van der Waals surface area contributed by atoms with Crippen molar-refractivity contribution >= 4 is 0 Å². The molecule has 0 amide bonds. The fraction of sp³-hybridized carbons (Fsp3) is 0.929. The Labute approximate surface area is 91.5 Å². The van der Waals surface area contributed by atoms with Gasteiger partial charge in [-0.05, 0) is 39.0 Å². The quantitative estimate of drug-likeness (QED) is 0.467. The number of unbranched alkanes of at least 4 members (excludes halogenated alkanes) is 1. The number of rotatable bonds is 8. The first-order chi connectivity index (χ1) is 6.65. The second kappa shape index (κ2) is 8.20. The third-order valence-corrected chi connectivity index (χ3v) is 3.45. The van der Waals surface area contributed by atoms with E-state index < -0.39 is 0 Å². The van der Waals surface area contributed by atoms with Crippen LogP contribution in [-0.2, 0) is 0 Å². The molecule has 0 aliphatic rings. The van der Waals surface area contributed by atoms with Crippen LogP contribution in [0, 0.1) is 17.8 Å². The Morgan fingerprint density at radius 1 is 1.07 bits per heavy atom. The first-order valence-corrected chi connectivity index (χ1v) is 6.50. The van der Waals surface area contributed by atoms with Crippen molar-refractivity contribution < 1.29 is 0 Å². The van der Waals surface area contributed by atoms with Crippen LogP contribution in [0.1, 0.15) is 73.1 Å². The molecule has 0 saturated heterocycles. The number of hydrogen-bond donors (Lipinski definition) is 0. The lowest BCUT2D eigenvalue weighted by molar-refractivity contribution is 0.416. The van der Waals surface area contributed by atoms with Gasteiger partial charge in [0.05, 0.1) is 24.7 Å². The van der Waals surface area contributed by atoms with E-state index in [1.54, 1.807) is 5.92 Å². The molecule has 2 unspecified atom stereocenters. The van der Waals surface area contributed by atoms with Gasteiger partial charge in [-0.1, -0.05) is 27.2 Å². The average molecular weight is 197 g/mol. The minimum absolute atomic E-state index is 0.856. The van der Waals surface area contributed by atoms with Crippen molar-refractivity contribution in [3.8, 4) is 0 Å². The van der Waals surface area contributed by atoms with E-state index in [0.29, 0.717) is 0 Å². The zero-order valence-corrected chi connectivity index (χ0v) is 10.9. The maximum absolute atomic E-state index is 2.41. The van der Waals surface area contributed by atoms with Gasteiger partial charge in [0.15, 0.2) is 0 Å². The molecular formula is C14H29+. The normalized spacial score (nSPS) is 15.2. The average Bonchev–Trinajstić information content (AvgIpc) is 2.21. The summed E-state index contributed by atoms with van der Waals surface area (Å²) in [4.78, 5) is 0. The largest absolute Gasteiger partial charge is 0.0974 e. The van der Waals surface area contributed by atoms with Gasteiger partial charge < -0.3 is 0 Å². The SMILES string of the molecule is CCCCC(C)[C+](CC)CC(C)CC. The predicted octanol–water partition coefficient (Wildman–Crippen LogP) is 5.23. The van der Waals surface area contributed by atoms with Crippen molar-refractivity contribution in [1.82, 2.24) is 0 Å². The van der Waals surface area contributed by atoms with Gasteiger partial charge in [-0.15, -0.1) is 0 Å². The molecule has 0 N–H and O–H groups in total. The summed E-state index contributed by atoms with van der Waals surface area (Å²) < 4.78 is 0. The first kappa shape index (κ1) is 13.9. The molecule has 2 atom stereocenters. The molecule has 0 fully saturated rings. The molecule has 0 nitrogen and oxygen atoms in total. The summed E-state index contributed by atoms with van der Waals surface area (Å²) in [6.07, 6.45) is 8.10. The summed E-state index contributed by atoms with van der Waals surface area (Å²) in [5, 5.41) is 0. The van der Waals surface area contributed by atoms with E-state index in [1.807, 2.05) is 0 Å². The molecule has 0 radical (unpaired) electrons. The summed E-state index contributed by atoms with van der Waals surface area (Å²) in [7, 11) is 0. The minimum Gasteiger partial charge on any atom is -0.0654 e. The van der Waals surface area contributed by atoms with Crippen molar-refractivity contribution in [2.45, 2.75) is 73.1 Å². The molecule has 0 heterocycles. The zero-order chi connectivity index (χ0) is 11.0. The second-order valence-electron chi connectivity index (χ2n) is 4.77. The highest BCUT2D eigenvalue weighted by Gasteiger charge is 2.27. The molecule has 0 heteroatoms. The summed E-state index contributed by atoms with van der Waals surface area (Å²) in [6.45, 7) is 11.7. The maximum Gasteiger partial charge on any atom is 0.0974 e. The molecule has 0 rings (SSSR count). The standard InChI is InChI=1S/C14H29/c1-6-9-10-13(5)14(8-3)11-12(4)7-2/h12-13H,6-11H2,1-5H3/q+1. The highest BCUT2D eigenvalue weighted by Crippen LogP contribution is 2.30. The van der Waals surface area contributed by atoms with Crippen molar-refractivity contribution in [3.05, 3.63) is 5.92 Å². The van der Waals surface area contributed by atoms with Crippen molar-refractivity contribution in [2.75, 3.05) is 0 Å². The molecule has 0 aromatic carbocycles. The van der Waals surface area contributed by atoms with Gasteiger partial charge in [-0.3, -0.25) is 0 Å². The Balaban J connectivity index is 3.85. The first-order valence-electron chi connectivity index (χ1n) is 6.50. The smallest absolute Gasteiger partial charge is 0.0654 e. The predicted molar refractivity (Wildman–Crippen MR) is 66.3 cm³/mol. The molecule has 0 aromatic rings. The molecule has 0 aromatic heterocycles. The van der Waals surface area contributed by atoms with E-state index in [0.717, 1.165) is 11.8 Å². The summed E-state index contributed by atoms with van der Waals surface area (Å²) in [6, 6.07) is 0. The highest BCUT2D eigenvalue weighted by atomic mass is 14.2. The van der Waals surface area contributed by atoms with Crippen molar-refractivity contribution in [2.24, 2.45) is 11.8 Å². The van der Waals surface area contributed by atoms with E-state index in [-0.39, 0.29) is 0 Å². The number of hydrogen-bond acceptors (Lipinski definition) is 0. The summed E-state index contributed by atoms with van der Waals surface area (Å²) in [5.41, 5.74) is 0. The molecule has 0 aliphatic carbocycles.